The highest BCUT2D eigenvalue weighted by molar-refractivity contribution is 7.57. The number of aliphatic carboxylic acids is 1. The first-order chi connectivity index (χ1) is 10.3. The number of hydrogen-bond acceptors (Lipinski definition) is 6. The normalized spacial score (nSPS) is 12.3. The van der Waals surface area contributed by atoms with Crippen LogP contribution in [0.25, 0.3) is 0 Å². The molecule has 0 aliphatic carbocycles. The van der Waals surface area contributed by atoms with E-state index in [1.807, 2.05) is 0 Å². The van der Waals surface area contributed by atoms with Crippen molar-refractivity contribution in [1.29, 1.82) is 0 Å². The molecular weight excluding hydrogens is 313 g/mol. The first-order valence-electron chi connectivity index (χ1n) is 6.28. The summed E-state index contributed by atoms with van der Waals surface area (Å²) in [6, 6.07) is 6.48. The number of carbonyl (C=O) groups excluding carboxylic acids is 2. The molecule has 1 aromatic carbocycles. The number of ether oxygens (including phenoxy) is 1. The van der Waals surface area contributed by atoms with Gasteiger partial charge in [-0.2, -0.15) is 9.59 Å². The Morgan fingerprint density at radius 3 is 2.27 bits per heavy atom. The van der Waals surface area contributed by atoms with Gasteiger partial charge in [0.2, 0.25) is 7.37 Å². The number of benzene rings is 1. The lowest BCUT2D eigenvalue weighted by Gasteiger charge is -2.11. The van der Waals surface area contributed by atoms with Gasteiger partial charge in [0, 0.05) is 12.3 Å². The maximum absolute atomic E-state index is 11.8. The lowest BCUT2D eigenvalue weighted by molar-refractivity contribution is -0.191. The summed E-state index contributed by atoms with van der Waals surface area (Å²) in [6.07, 6.45) is 1.07. The van der Waals surface area contributed by atoms with Crippen LogP contribution in [0.1, 0.15) is 12.0 Å². The first kappa shape index (κ1) is 20.0. The maximum atomic E-state index is 11.8. The van der Waals surface area contributed by atoms with Gasteiger partial charge in [0.05, 0.1) is 0 Å². The van der Waals surface area contributed by atoms with E-state index in [0.717, 1.165) is 0 Å². The monoisotopic (exact) mass is 331 g/mol. The van der Waals surface area contributed by atoms with Crippen molar-refractivity contribution in [2.45, 2.75) is 12.6 Å². The van der Waals surface area contributed by atoms with Crippen molar-refractivity contribution in [3.63, 3.8) is 0 Å². The van der Waals surface area contributed by atoms with E-state index >= 15 is 0 Å². The van der Waals surface area contributed by atoms with E-state index in [-0.39, 0.29) is 18.5 Å². The smallest absolute Gasteiger partial charge is 0.373 e. The van der Waals surface area contributed by atoms with Crippen molar-refractivity contribution >= 4 is 19.5 Å². The second-order valence-electron chi connectivity index (χ2n) is 4.28. The molecule has 1 rings (SSSR count). The van der Waals surface area contributed by atoms with E-state index in [2.05, 4.69) is 0 Å². The number of carbonyl (C=O) groups is 1. The van der Waals surface area contributed by atoms with Crippen LogP contribution in [0.3, 0.4) is 0 Å². The van der Waals surface area contributed by atoms with Gasteiger partial charge < -0.3 is 20.5 Å². The van der Waals surface area contributed by atoms with Gasteiger partial charge >= 0.3 is 12.1 Å². The zero-order valence-corrected chi connectivity index (χ0v) is 12.7. The minimum absolute atomic E-state index is 0.0895. The molecule has 0 saturated carbocycles. The Morgan fingerprint density at radius 2 is 1.82 bits per heavy atom. The number of carboxylic acid groups (broad SMARTS) is 1. The van der Waals surface area contributed by atoms with E-state index in [1.165, 1.54) is 0 Å². The molecule has 9 heteroatoms. The summed E-state index contributed by atoms with van der Waals surface area (Å²) in [5.74, 6) is -0.633. The third kappa shape index (κ3) is 9.85. The highest BCUT2D eigenvalue weighted by atomic mass is 31.2. The van der Waals surface area contributed by atoms with Crippen molar-refractivity contribution in [2.75, 3.05) is 19.3 Å². The van der Waals surface area contributed by atoms with Crippen molar-refractivity contribution < 1.29 is 33.7 Å². The van der Waals surface area contributed by atoms with Crippen molar-refractivity contribution in [3.05, 3.63) is 29.8 Å². The second kappa shape index (κ2) is 10.7. The fraction of sp³-hybridized carbons (Fsp3) is 0.385. The van der Waals surface area contributed by atoms with Crippen molar-refractivity contribution in [2.24, 2.45) is 5.73 Å². The summed E-state index contributed by atoms with van der Waals surface area (Å²) < 4.78 is 16.8. The van der Waals surface area contributed by atoms with Gasteiger partial charge in [0.1, 0.15) is 5.75 Å². The van der Waals surface area contributed by atoms with Crippen molar-refractivity contribution in [3.8, 4) is 5.75 Å². The van der Waals surface area contributed by atoms with Crippen LogP contribution in [-0.2, 0) is 25.1 Å². The molecule has 1 unspecified atom stereocenters. The molecule has 1 atom stereocenters. The predicted octanol–water partition coefficient (Wildman–Crippen LogP) is 0.686. The van der Waals surface area contributed by atoms with Crippen LogP contribution >= 0.6 is 7.37 Å². The molecule has 4 N–H and O–H groups in total. The summed E-state index contributed by atoms with van der Waals surface area (Å²) in [4.78, 5) is 36.3. The lowest BCUT2D eigenvalue weighted by Crippen LogP contribution is -2.09. The minimum atomic E-state index is -3.19. The van der Waals surface area contributed by atoms with Gasteiger partial charge in [-0.25, -0.2) is 4.79 Å². The maximum Gasteiger partial charge on any atom is 0.373 e. The third-order valence-corrected chi connectivity index (χ3v) is 4.30. The molecule has 0 bridgehead atoms. The zero-order valence-electron chi connectivity index (χ0n) is 11.8. The molecule has 1 aromatic rings. The largest absolute Gasteiger partial charge is 0.482 e. The van der Waals surface area contributed by atoms with E-state index in [0.29, 0.717) is 24.3 Å². The van der Waals surface area contributed by atoms with Crippen molar-refractivity contribution in [1.82, 2.24) is 0 Å². The van der Waals surface area contributed by atoms with Gasteiger partial charge in [-0.1, -0.05) is 12.1 Å². The number of nitrogens with two attached hydrogens (primary N) is 1. The SMILES string of the molecule is NCCCP(=O)(O)Cc1ccc(OCC(=O)O)cc1.O=C=O. The fourth-order valence-electron chi connectivity index (χ4n) is 1.54. The van der Waals surface area contributed by atoms with Crippen LogP contribution in [-0.4, -0.2) is 41.4 Å². The standard InChI is InChI=1S/C12H18NO5P.CO2/c13-6-1-7-19(16,17)9-10-2-4-11(5-3-10)18-8-12(14)15;2-1-3/h2-5H,1,6-9,13H2,(H,14,15)(H,16,17);. The summed E-state index contributed by atoms with van der Waals surface area (Å²) >= 11 is 0. The molecule has 0 aliphatic rings. The Bertz CT molecular complexity index is 538. The van der Waals surface area contributed by atoms with Crippen LogP contribution in [0.15, 0.2) is 24.3 Å². The Kier molecular flexibility index (Phi) is 9.74. The van der Waals surface area contributed by atoms with Gasteiger partial charge in [-0.3, -0.25) is 4.57 Å². The van der Waals surface area contributed by atoms with Gasteiger partial charge in [-0.05, 0) is 30.7 Å². The van der Waals surface area contributed by atoms with Crippen LogP contribution in [0.5, 0.6) is 5.75 Å². The summed E-state index contributed by atoms with van der Waals surface area (Å²) in [5, 5.41) is 8.46. The molecule has 0 aliphatic heterocycles. The lowest BCUT2D eigenvalue weighted by atomic mass is 10.2. The molecule has 8 nitrogen and oxygen atoms in total. The average Bonchev–Trinajstić information content (AvgIpc) is 2.45. The van der Waals surface area contributed by atoms with E-state index < -0.39 is 19.9 Å². The Labute approximate surface area is 127 Å². The summed E-state index contributed by atoms with van der Waals surface area (Å²) in [5.41, 5.74) is 6.02. The van der Waals surface area contributed by atoms with Crippen LogP contribution in [0.2, 0.25) is 0 Å². The van der Waals surface area contributed by atoms with Gasteiger partial charge in [0.15, 0.2) is 6.61 Å². The number of hydrogen-bond donors (Lipinski definition) is 3. The number of carboxylic acids is 1. The van der Waals surface area contributed by atoms with Crippen LogP contribution in [0, 0.1) is 0 Å². The molecule has 0 amide bonds. The third-order valence-electron chi connectivity index (χ3n) is 2.43. The van der Waals surface area contributed by atoms with Gasteiger partial charge in [-0.15, -0.1) is 0 Å². The molecule has 0 aromatic heterocycles. The summed E-state index contributed by atoms with van der Waals surface area (Å²) in [7, 11) is -3.19. The van der Waals surface area contributed by atoms with E-state index in [9.17, 15) is 14.3 Å². The molecule has 0 fully saturated rings. The van der Waals surface area contributed by atoms with Gasteiger partial charge in [0.25, 0.3) is 0 Å². The highest BCUT2D eigenvalue weighted by Gasteiger charge is 2.17. The van der Waals surface area contributed by atoms with Crippen LogP contribution in [0.4, 0.5) is 0 Å². The van der Waals surface area contributed by atoms with E-state index in [1.54, 1.807) is 24.3 Å². The second-order valence-corrected chi connectivity index (χ2v) is 6.74. The quantitative estimate of drug-likeness (QED) is 0.590. The number of rotatable bonds is 8. The molecule has 22 heavy (non-hydrogen) atoms. The highest BCUT2D eigenvalue weighted by Crippen LogP contribution is 2.44. The fourth-order valence-corrected chi connectivity index (χ4v) is 3.16. The topological polar surface area (TPSA) is 144 Å². The van der Waals surface area contributed by atoms with E-state index in [4.69, 9.17) is 25.2 Å². The van der Waals surface area contributed by atoms with Crippen LogP contribution < -0.4 is 10.5 Å². The minimum Gasteiger partial charge on any atom is -0.482 e. The molecule has 0 radical (unpaired) electrons. The average molecular weight is 331 g/mol. The molecule has 0 spiro atoms. The predicted molar refractivity (Wildman–Crippen MR) is 76.6 cm³/mol. The summed E-state index contributed by atoms with van der Waals surface area (Å²) in [6.45, 7) is -0.0130. The zero-order chi connectivity index (χ0) is 17.0. The first-order valence-corrected chi connectivity index (χ1v) is 8.31. The molecular formula is C13H18NO7P. The molecule has 122 valence electrons. The molecule has 0 saturated heterocycles. The molecule has 0 heterocycles. The Morgan fingerprint density at radius 1 is 1.27 bits per heavy atom. The Balaban J connectivity index is 0.00000135. The Hall–Kier alpha value is -1.98.